The maximum atomic E-state index is 12.0. The molecule has 1 aliphatic rings. The van der Waals surface area contributed by atoms with Gasteiger partial charge in [0.25, 0.3) is 0 Å². The van der Waals surface area contributed by atoms with E-state index in [2.05, 4.69) is 0 Å². The molecule has 1 unspecified atom stereocenters. The Labute approximate surface area is 119 Å². The zero-order chi connectivity index (χ0) is 15.1. The van der Waals surface area contributed by atoms with E-state index in [0.29, 0.717) is 0 Å². The Balaban J connectivity index is 2.10. The van der Waals surface area contributed by atoms with Crippen molar-refractivity contribution in [3.63, 3.8) is 0 Å². The van der Waals surface area contributed by atoms with E-state index in [0.717, 1.165) is 5.56 Å². The van der Waals surface area contributed by atoms with E-state index in [1.807, 2.05) is 30.3 Å². The number of esters is 1. The average Bonchev–Trinajstić information content (AvgIpc) is 2.81. The minimum absolute atomic E-state index is 0.0170. The summed E-state index contributed by atoms with van der Waals surface area (Å²) in [6, 6.07) is 9.06. The number of hydrogen-bond donors (Lipinski definition) is 4. The molecule has 6 heteroatoms. The molecule has 2 aromatic carbocycles. The molecule has 4 N–H and O–H groups in total. The SMILES string of the molecule is O=C1Oc2c(O)c(O)c(O)c(O)c2C1Cc1ccccc1. The molecule has 108 valence electrons. The van der Waals surface area contributed by atoms with Crippen molar-refractivity contribution >= 4 is 5.97 Å². The number of benzene rings is 2. The second kappa shape index (κ2) is 4.59. The third kappa shape index (κ3) is 1.92. The van der Waals surface area contributed by atoms with Crippen LogP contribution in [0.2, 0.25) is 0 Å². The van der Waals surface area contributed by atoms with Crippen LogP contribution in [0.5, 0.6) is 28.7 Å². The molecule has 1 heterocycles. The number of phenolic OH excluding ortho intramolecular Hbond substituents is 4. The second-order valence-electron chi connectivity index (χ2n) is 4.80. The molecular formula is C15H12O6. The highest BCUT2D eigenvalue weighted by atomic mass is 16.5. The van der Waals surface area contributed by atoms with Crippen molar-refractivity contribution in [1.29, 1.82) is 0 Å². The van der Waals surface area contributed by atoms with Crippen molar-refractivity contribution in [1.82, 2.24) is 0 Å². The quantitative estimate of drug-likeness (QED) is 0.290. The van der Waals surface area contributed by atoms with E-state index in [4.69, 9.17) is 4.74 Å². The van der Waals surface area contributed by atoms with E-state index in [1.165, 1.54) is 0 Å². The lowest BCUT2D eigenvalue weighted by Crippen LogP contribution is -2.12. The normalized spacial score (nSPS) is 16.6. The molecule has 0 saturated carbocycles. The Morgan fingerprint density at radius 2 is 1.52 bits per heavy atom. The Kier molecular flexibility index (Phi) is 2.86. The van der Waals surface area contributed by atoms with E-state index in [-0.39, 0.29) is 17.7 Å². The number of carbonyl (C=O) groups excluding carboxylic acids is 1. The van der Waals surface area contributed by atoms with Gasteiger partial charge in [0.05, 0.1) is 11.5 Å². The first-order valence-corrected chi connectivity index (χ1v) is 6.26. The van der Waals surface area contributed by atoms with Gasteiger partial charge in [0.2, 0.25) is 17.2 Å². The number of aromatic hydroxyl groups is 4. The van der Waals surface area contributed by atoms with Crippen LogP contribution in [0.15, 0.2) is 30.3 Å². The molecule has 0 bridgehead atoms. The molecular weight excluding hydrogens is 276 g/mol. The van der Waals surface area contributed by atoms with Gasteiger partial charge in [-0.05, 0) is 12.0 Å². The molecule has 0 fully saturated rings. The second-order valence-corrected chi connectivity index (χ2v) is 4.80. The van der Waals surface area contributed by atoms with Crippen molar-refractivity contribution in [2.75, 3.05) is 0 Å². The van der Waals surface area contributed by atoms with Crippen molar-refractivity contribution < 1.29 is 30.0 Å². The van der Waals surface area contributed by atoms with Gasteiger partial charge in [-0.1, -0.05) is 30.3 Å². The van der Waals surface area contributed by atoms with Crippen molar-refractivity contribution in [2.45, 2.75) is 12.3 Å². The third-order valence-corrected chi connectivity index (χ3v) is 3.51. The van der Waals surface area contributed by atoms with Crippen LogP contribution < -0.4 is 4.74 Å². The lowest BCUT2D eigenvalue weighted by Gasteiger charge is -2.11. The van der Waals surface area contributed by atoms with Crippen LogP contribution in [-0.4, -0.2) is 26.4 Å². The van der Waals surface area contributed by atoms with Gasteiger partial charge in [-0.3, -0.25) is 4.79 Å². The van der Waals surface area contributed by atoms with Crippen LogP contribution in [0.3, 0.4) is 0 Å². The number of carbonyl (C=O) groups is 1. The monoisotopic (exact) mass is 288 g/mol. The molecule has 0 radical (unpaired) electrons. The van der Waals surface area contributed by atoms with Crippen molar-refractivity contribution in [3.05, 3.63) is 41.5 Å². The molecule has 3 rings (SSSR count). The van der Waals surface area contributed by atoms with Crippen LogP contribution in [0.4, 0.5) is 0 Å². The van der Waals surface area contributed by atoms with Crippen molar-refractivity contribution in [3.8, 4) is 28.7 Å². The van der Waals surface area contributed by atoms with Gasteiger partial charge < -0.3 is 25.2 Å². The summed E-state index contributed by atoms with van der Waals surface area (Å²) in [4.78, 5) is 12.0. The first-order valence-electron chi connectivity index (χ1n) is 6.26. The number of phenols is 4. The minimum atomic E-state index is -0.917. The standard InChI is InChI=1S/C15H12O6/c16-10-9-8(6-7-4-2-1-3-5-7)15(20)21-14(9)13(19)12(18)11(10)17/h1-5,8,16-19H,6H2. The zero-order valence-corrected chi connectivity index (χ0v) is 10.8. The van der Waals surface area contributed by atoms with Crippen LogP contribution in [0.25, 0.3) is 0 Å². The summed E-state index contributed by atoms with van der Waals surface area (Å²) in [6.07, 6.45) is 0.240. The Hall–Kier alpha value is -2.89. The van der Waals surface area contributed by atoms with Gasteiger partial charge in [-0.25, -0.2) is 0 Å². The fraction of sp³-hybridized carbons (Fsp3) is 0.133. The number of fused-ring (bicyclic) bond motifs is 1. The van der Waals surface area contributed by atoms with E-state index in [1.54, 1.807) is 0 Å². The maximum absolute atomic E-state index is 12.0. The molecule has 6 nitrogen and oxygen atoms in total. The lowest BCUT2D eigenvalue weighted by molar-refractivity contribution is -0.134. The predicted octanol–water partition coefficient (Wildman–Crippen LogP) is 1.75. The summed E-state index contributed by atoms with van der Waals surface area (Å²) in [5, 5.41) is 38.7. The molecule has 0 saturated heterocycles. The predicted molar refractivity (Wildman–Crippen MR) is 71.6 cm³/mol. The van der Waals surface area contributed by atoms with Crippen LogP contribution >= 0.6 is 0 Å². The van der Waals surface area contributed by atoms with Gasteiger partial charge in [-0.2, -0.15) is 0 Å². The van der Waals surface area contributed by atoms with Gasteiger partial charge in [0, 0.05) is 0 Å². The lowest BCUT2D eigenvalue weighted by atomic mass is 9.92. The average molecular weight is 288 g/mol. The van der Waals surface area contributed by atoms with E-state index >= 15 is 0 Å². The van der Waals surface area contributed by atoms with Gasteiger partial charge in [0.15, 0.2) is 11.5 Å². The van der Waals surface area contributed by atoms with Gasteiger partial charge in [0.1, 0.15) is 0 Å². The minimum Gasteiger partial charge on any atom is -0.504 e. The highest BCUT2D eigenvalue weighted by Gasteiger charge is 2.41. The van der Waals surface area contributed by atoms with Crippen LogP contribution in [-0.2, 0) is 11.2 Å². The Morgan fingerprint density at radius 1 is 0.905 bits per heavy atom. The third-order valence-electron chi connectivity index (χ3n) is 3.51. The number of hydrogen-bond acceptors (Lipinski definition) is 6. The molecule has 21 heavy (non-hydrogen) atoms. The van der Waals surface area contributed by atoms with Gasteiger partial charge >= 0.3 is 5.97 Å². The van der Waals surface area contributed by atoms with E-state index < -0.39 is 34.9 Å². The Bertz CT molecular complexity index is 723. The first-order chi connectivity index (χ1) is 10.0. The molecule has 2 aromatic rings. The molecule has 0 spiro atoms. The molecule has 1 atom stereocenters. The molecule has 0 amide bonds. The smallest absolute Gasteiger partial charge is 0.319 e. The summed E-state index contributed by atoms with van der Waals surface area (Å²) in [5.41, 5.74) is 0.815. The highest BCUT2D eigenvalue weighted by molar-refractivity contribution is 5.91. The van der Waals surface area contributed by atoms with Crippen LogP contribution in [0, 0.1) is 0 Å². The molecule has 0 aliphatic carbocycles. The number of rotatable bonds is 2. The van der Waals surface area contributed by atoms with Gasteiger partial charge in [-0.15, -0.1) is 0 Å². The first kappa shape index (κ1) is 13.1. The Morgan fingerprint density at radius 3 is 2.19 bits per heavy atom. The molecule has 0 aromatic heterocycles. The highest BCUT2D eigenvalue weighted by Crippen LogP contribution is 2.56. The van der Waals surface area contributed by atoms with Crippen LogP contribution in [0.1, 0.15) is 17.0 Å². The molecule has 1 aliphatic heterocycles. The topological polar surface area (TPSA) is 107 Å². The fourth-order valence-electron chi connectivity index (χ4n) is 2.45. The summed E-state index contributed by atoms with van der Waals surface area (Å²) < 4.78 is 4.92. The summed E-state index contributed by atoms with van der Waals surface area (Å²) in [7, 11) is 0. The summed E-state index contributed by atoms with van der Waals surface area (Å²) >= 11 is 0. The maximum Gasteiger partial charge on any atom is 0.319 e. The van der Waals surface area contributed by atoms with Crippen molar-refractivity contribution in [2.24, 2.45) is 0 Å². The largest absolute Gasteiger partial charge is 0.504 e. The fourth-order valence-corrected chi connectivity index (χ4v) is 2.45. The summed E-state index contributed by atoms with van der Waals surface area (Å²) in [5.74, 6) is -5.05. The number of ether oxygens (including phenoxy) is 1. The summed E-state index contributed by atoms with van der Waals surface area (Å²) in [6.45, 7) is 0. The zero-order valence-electron chi connectivity index (χ0n) is 10.8. The van der Waals surface area contributed by atoms with E-state index in [9.17, 15) is 25.2 Å².